The summed E-state index contributed by atoms with van der Waals surface area (Å²) in [4.78, 5) is 41.5. The summed E-state index contributed by atoms with van der Waals surface area (Å²) < 4.78 is 9.89. The highest BCUT2D eigenvalue weighted by Gasteiger charge is 2.22. The van der Waals surface area contributed by atoms with E-state index in [1.165, 1.54) is 5.56 Å². The van der Waals surface area contributed by atoms with E-state index in [1.54, 1.807) is 26.2 Å². The van der Waals surface area contributed by atoms with Crippen LogP contribution >= 0.6 is 0 Å². The number of piperazine rings is 1. The van der Waals surface area contributed by atoms with Gasteiger partial charge in [-0.2, -0.15) is 0 Å². The van der Waals surface area contributed by atoms with E-state index >= 15 is 0 Å². The average molecular weight is 512 g/mol. The van der Waals surface area contributed by atoms with Crippen LogP contribution in [0.2, 0.25) is 0 Å². The zero-order chi connectivity index (χ0) is 26.5. The van der Waals surface area contributed by atoms with E-state index in [0.29, 0.717) is 30.8 Å². The smallest absolute Gasteiger partial charge is 0.325 e. The van der Waals surface area contributed by atoms with Gasteiger partial charge < -0.3 is 30.3 Å². The van der Waals surface area contributed by atoms with Crippen molar-refractivity contribution in [2.75, 3.05) is 69.8 Å². The summed E-state index contributed by atoms with van der Waals surface area (Å²) in [6.07, 6.45) is 0.698. The van der Waals surface area contributed by atoms with Gasteiger partial charge >= 0.3 is 12.0 Å². The van der Waals surface area contributed by atoms with Crippen LogP contribution in [0, 0.1) is 0 Å². The quantitative estimate of drug-likeness (QED) is 0.296. The van der Waals surface area contributed by atoms with Gasteiger partial charge in [0.05, 0.1) is 12.2 Å². The van der Waals surface area contributed by atoms with Gasteiger partial charge in [-0.15, -0.1) is 0 Å². The molecule has 3 N–H and O–H groups in total. The molecule has 3 rings (SSSR count). The van der Waals surface area contributed by atoms with E-state index in [0.717, 1.165) is 38.4 Å². The fourth-order valence-electron chi connectivity index (χ4n) is 4.11. The zero-order valence-electron chi connectivity index (χ0n) is 21.6. The number of esters is 1. The minimum Gasteiger partial charge on any atom is -0.465 e. The monoisotopic (exact) mass is 511 g/mol. The first-order chi connectivity index (χ1) is 18.0. The molecule has 10 heteroatoms. The van der Waals surface area contributed by atoms with Crippen LogP contribution in [0.15, 0.2) is 48.5 Å². The highest BCUT2D eigenvalue weighted by Crippen LogP contribution is 2.26. The maximum atomic E-state index is 13.1. The molecule has 2 aromatic carbocycles. The number of hydrogen-bond acceptors (Lipinski definition) is 7. The Hall–Kier alpha value is -3.63. The summed E-state index contributed by atoms with van der Waals surface area (Å²) in [7, 11) is 1.62. The van der Waals surface area contributed by atoms with Gasteiger partial charge in [0.15, 0.2) is 0 Å². The fourth-order valence-corrected chi connectivity index (χ4v) is 4.11. The molecule has 200 valence electrons. The number of benzene rings is 2. The standard InChI is InChI=1S/C27H37N5O5/c1-3-37-25(33)19-29-27(35)30-22-10-11-24(23(18-22)26(34)28-12-7-17-36-2)32-15-13-31(14-16-32)20-21-8-5-4-6-9-21/h4-6,8-11,18H,3,7,12-17,19-20H2,1-2H3,(H,28,34)(H2,29,30,35). The predicted molar refractivity (Wildman–Crippen MR) is 143 cm³/mol. The van der Waals surface area contributed by atoms with Crippen molar-refractivity contribution < 1.29 is 23.9 Å². The number of hydrogen-bond donors (Lipinski definition) is 3. The molecule has 1 fully saturated rings. The van der Waals surface area contributed by atoms with Gasteiger partial charge in [-0.1, -0.05) is 30.3 Å². The SMILES string of the molecule is CCOC(=O)CNC(=O)Nc1ccc(N2CCN(Cc3ccccc3)CC2)c(C(=O)NCCCOC)c1. The number of anilines is 2. The van der Waals surface area contributed by atoms with E-state index in [4.69, 9.17) is 9.47 Å². The molecule has 3 amide bonds. The number of methoxy groups -OCH3 is 1. The molecule has 0 saturated carbocycles. The summed E-state index contributed by atoms with van der Waals surface area (Å²) in [6, 6.07) is 15.1. The molecule has 1 aliphatic heterocycles. The lowest BCUT2D eigenvalue weighted by Gasteiger charge is -2.37. The van der Waals surface area contributed by atoms with Crippen molar-refractivity contribution in [1.29, 1.82) is 0 Å². The molecular formula is C27H37N5O5. The number of nitrogens with one attached hydrogen (secondary N) is 3. The van der Waals surface area contributed by atoms with Crippen molar-refractivity contribution >= 4 is 29.3 Å². The Balaban J connectivity index is 1.67. The highest BCUT2D eigenvalue weighted by molar-refractivity contribution is 6.02. The second kappa shape index (κ2) is 14.8. The minimum atomic E-state index is -0.554. The maximum Gasteiger partial charge on any atom is 0.325 e. The molecule has 10 nitrogen and oxygen atoms in total. The first-order valence-corrected chi connectivity index (χ1v) is 12.6. The molecular weight excluding hydrogens is 474 g/mol. The third-order valence-electron chi connectivity index (χ3n) is 5.97. The van der Waals surface area contributed by atoms with E-state index in [9.17, 15) is 14.4 Å². The van der Waals surface area contributed by atoms with Crippen LogP contribution in [0.1, 0.15) is 29.3 Å². The number of ether oxygens (including phenoxy) is 2. The zero-order valence-corrected chi connectivity index (χ0v) is 21.6. The fraction of sp³-hybridized carbons (Fsp3) is 0.444. The Morgan fingerprint density at radius 1 is 0.973 bits per heavy atom. The lowest BCUT2D eigenvalue weighted by Crippen LogP contribution is -2.46. The maximum absolute atomic E-state index is 13.1. The van der Waals surface area contributed by atoms with E-state index in [-0.39, 0.29) is 19.1 Å². The summed E-state index contributed by atoms with van der Waals surface area (Å²) in [5.41, 5.74) is 3.04. The topological polar surface area (TPSA) is 112 Å². The molecule has 0 unspecified atom stereocenters. The molecule has 0 aromatic heterocycles. The number of urea groups is 1. The number of nitrogens with zero attached hydrogens (tertiary/aromatic N) is 2. The summed E-state index contributed by atoms with van der Waals surface area (Å²) in [6.45, 7) is 6.95. The van der Waals surface area contributed by atoms with Crippen molar-refractivity contribution in [2.24, 2.45) is 0 Å². The molecule has 2 aromatic rings. The molecule has 0 atom stereocenters. The van der Waals surface area contributed by atoms with Crippen molar-refractivity contribution in [3.63, 3.8) is 0 Å². The average Bonchev–Trinajstić information content (AvgIpc) is 2.91. The van der Waals surface area contributed by atoms with Gasteiger partial charge in [0.2, 0.25) is 0 Å². The Morgan fingerprint density at radius 3 is 2.43 bits per heavy atom. The third-order valence-corrected chi connectivity index (χ3v) is 5.97. The minimum absolute atomic E-state index is 0.214. The largest absolute Gasteiger partial charge is 0.465 e. The Morgan fingerprint density at radius 2 is 1.73 bits per heavy atom. The first kappa shape index (κ1) is 27.9. The van der Waals surface area contributed by atoms with Gasteiger partial charge in [0, 0.05) is 64.4 Å². The van der Waals surface area contributed by atoms with Crippen LogP contribution in [-0.4, -0.2) is 82.4 Å². The van der Waals surface area contributed by atoms with Crippen molar-refractivity contribution in [3.8, 4) is 0 Å². The molecule has 1 heterocycles. The molecule has 0 aliphatic carbocycles. The Labute approximate surface area is 218 Å². The molecule has 0 radical (unpaired) electrons. The van der Waals surface area contributed by atoms with Gasteiger partial charge in [0.25, 0.3) is 5.91 Å². The van der Waals surface area contributed by atoms with Crippen LogP contribution in [0.25, 0.3) is 0 Å². The number of amides is 3. The lowest BCUT2D eigenvalue weighted by atomic mass is 10.1. The summed E-state index contributed by atoms with van der Waals surface area (Å²) in [5.74, 6) is -0.732. The van der Waals surface area contributed by atoms with Gasteiger partial charge in [0.1, 0.15) is 6.54 Å². The molecule has 1 aliphatic rings. The Kier molecular flexibility index (Phi) is 11.2. The van der Waals surface area contributed by atoms with Crippen molar-refractivity contribution in [3.05, 3.63) is 59.7 Å². The normalized spacial score (nSPS) is 13.6. The van der Waals surface area contributed by atoms with E-state index in [1.807, 2.05) is 12.1 Å². The van der Waals surface area contributed by atoms with Crippen LogP contribution in [0.3, 0.4) is 0 Å². The van der Waals surface area contributed by atoms with Crippen LogP contribution in [-0.2, 0) is 20.8 Å². The van der Waals surface area contributed by atoms with Crippen molar-refractivity contribution in [1.82, 2.24) is 15.5 Å². The number of carbonyl (C=O) groups excluding carboxylic acids is 3. The van der Waals surface area contributed by atoms with Gasteiger partial charge in [-0.25, -0.2) is 4.79 Å². The van der Waals surface area contributed by atoms with E-state index in [2.05, 4.69) is 50.0 Å². The Bertz CT molecular complexity index is 1030. The van der Waals surface area contributed by atoms with Gasteiger partial charge in [-0.05, 0) is 37.1 Å². The summed E-state index contributed by atoms with van der Waals surface area (Å²) in [5, 5.41) is 8.10. The van der Waals surface area contributed by atoms with Crippen LogP contribution in [0.4, 0.5) is 16.2 Å². The van der Waals surface area contributed by atoms with Crippen LogP contribution in [0.5, 0.6) is 0 Å². The van der Waals surface area contributed by atoms with E-state index < -0.39 is 12.0 Å². The summed E-state index contributed by atoms with van der Waals surface area (Å²) >= 11 is 0. The lowest BCUT2D eigenvalue weighted by molar-refractivity contribution is -0.141. The second-order valence-electron chi connectivity index (χ2n) is 8.70. The molecule has 37 heavy (non-hydrogen) atoms. The first-order valence-electron chi connectivity index (χ1n) is 12.6. The van der Waals surface area contributed by atoms with Crippen molar-refractivity contribution in [2.45, 2.75) is 19.9 Å². The van der Waals surface area contributed by atoms with Gasteiger partial charge in [-0.3, -0.25) is 14.5 Å². The molecule has 1 saturated heterocycles. The highest BCUT2D eigenvalue weighted by atomic mass is 16.5. The third kappa shape index (κ3) is 9.07. The predicted octanol–water partition coefficient (Wildman–Crippen LogP) is 2.46. The second-order valence-corrected chi connectivity index (χ2v) is 8.70. The molecule has 0 spiro atoms. The van der Waals surface area contributed by atoms with Crippen LogP contribution < -0.4 is 20.9 Å². The molecule has 0 bridgehead atoms. The number of rotatable bonds is 12. The number of carbonyl (C=O) groups is 3.